The number of nitrogens with zero attached hydrogens (tertiary/aromatic N) is 2. The van der Waals surface area contributed by atoms with E-state index in [0.29, 0.717) is 43.9 Å². The van der Waals surface area contributed by atoms with Crippen molar-refractivity contribution in [1.29, 1.82) is 0 Å². The highest BCUT2D eigenvalue weighted by Gasteiger charge is 2.29. The van der Waals surface area contributed by atoms with Crippen molar-refractivity contribution < 1.29 is 14.3 Å². The first kappa shape index (κ1) is 21.4. The van der Waals surface area contributed by atoms with Crippen LogP contribution >= 0.6 is 11.3 Å². The molecule has 0 saturated heterocycles. The van der Waals surface area contributed by atoms with E-state index in [0.717, 1.165) is 24.1 Å². The van der Waals surface area contributed by atoms with Crippen LogP contribution in [-0.2, 0) is 24.3 Å². The molecule has 1 unspecified atom stereocenters. The Kier molecular flexibility index (Phi) is 6.56. The maximum atomic E-state index is 13.1. The van der Waals surface area contributed by atoms with Crippen molar-refractivity contribution in [2.24, 2.45) is 5.92 Å². The van der Waals surface area contributed by atoms with Gasteiger partial charge in [-0.3, -0.25) is 14.4 Å². The Hall–Kier alpha value is -2.87. The van der Waals surface area contributed by atoms with E-state index >= 15 is 0 Å². The van der Waals surface area contributed by atoms with Crippen LogP contribution in [0, 0.1) is 5.92 Å². The lowest BCUT2D eigenvalue weighted by Gasteiger charge is -2.26. The Morgan fingerprint density at radius 1 is 1.26 bits per heavy atom. The summed E-state index contributed by atoms with van der Waals surface area (Å²) >= 11 is 1.57. The lowest BCUT2D eigenvalue weighted by Crippen LogP contribution is -2.38. The van der Waals surface area contributed by atoms with Crippen LogP contribution in [-0.4, -0.2) is 41.5 Å². The number of hydrogen-bond acceptors (Lipinski definition) is 5. The summed E-state index contributed by atoms with van der Waals surface area (Å²) in [4.78, 5) is 41.7. The summed E-state index contributed by atoms with van der Waals surface area (Å²) in [5, 5.41) is 4.90. The van der Waals surface area contributed by atoms with Gasteiger partial charge in [0.15, 0.2) is 0 Å². The summed E-state index contributed by atoms with van der Waals surface area (Å²) in [6.07, 6.45) is 7.19. The maximum absolute atomic E-state index is 13.1. The number of carbonyl (C=O) groups is 2. The number of rotatable bonds is 5. The summed E-state index contributed by atoms with van der Waals surface area (Å²) in [7, 11) is 1.46. The molecule has 3 heterocycles. The van der Waals surface area contributed by atoms with Crippen molar-refractivity contribution in [3.63, 3.8) is 0 Å². The van der Waals surface area contributed by atoms with Crippen LogP contribution in [0.3, 0.4) is 0 Å². The van der Waals surface area contributed by atoms with Crippen LogP contribution in [0.2, 0.25) is 0 Å². The fourth-order valence-electron chi connectivity index (χ4n) is 4.32. The van der Waals surface area contributed by atoms with Gasteiger partial charge in [-0.2, -0.15) is 0 Å². The fraction of sp³-hybridized carbons (Fsp3) is 0.435. The van der Waals surface area contributed by atoms with Gasteiger partial charge in [0.05, 0.1) is 13.7 Å². The molecule has 0 radical (unpaired) electrons. The van der Waals surface area contributed by atoms with Crippen molar-refractivity contribution in [2.75, 3.05) is 20.2 Å². The van der Waals surface area contributed by atoms with Gasteiger partial charge < -0.3 is 19.5 Å². The molecule has 0 spiro atoms. The zero-order valence-corrected chi connectivity index (χ0v) is 18.5. The fourth-order valence-corrected chi connectivity index (χ4v) is 4.96. The van der Waals surface area contributed by atoms with Crippen molar-refractivity contribution in [2.45, 2.75) is 38.8 Å². The molecule has 0 aromatic carbocycles. The van der Waals surface area contributed by atoms with Gasteiger partial charge in [0.25, 0.3) is 11.5 Å². The monoisotopic (exact) mass is 441 g/mol. The number of amides is 2. The quantitative estimate of drug-likeness (QED) is 0.724. The SMILES string of the molecule is COc1cc(=O)n2c(c1C(=O)NCc1cccs1)CCN(C(=O)C1CC=CCC1)CC2. The third-order valence-electron chi connectivity index (χ3n) is 5.97. The Labute approximate surface area is 185 Å². The second-order valence-corrected chi connectivity index (χ2v) is 8.88. The summed E-state index contributed by atoms with van der Waals surface area (Å²) in [5.74, 6) is 0.148. The van der Waals surface area contributed by atoms with Gasteiger partial charge in [-0.05, 0) is 30.7 Å². The number of methoxy groups -OCH3 is 1. The minimum absolute atomic E-state index is 0.00559. The molecule has 2 aromatic heterocycles. The number of thiophene rings is 1. The highest BCUT2D eigenvalue weighted by atomic mass is 32.1. The Morgan fingerprint density at radius 2 is 2.13 bits per heavy atom. The number of ether oxygens (including phenoxy) is 1. The highest BCUT2D eigenvalue weighted by Crippen LogP contribution is 2.25. The average molecular weight is 442 g/mol. The minimum atomic E-state index is -0.272. The van der Waals surface area contributed by atoms with Gasteiger partial charge in [0.2, 0.25) is 5.91 Å². The summed E-state index contributed by atoms with van der Waals surface area (Å²) in [6.45, 7) is 1.74. The predicted octanol–water partition coefficient (Wildman–Crippen LogP) is 2.59. The molecule has 1 aliphatic heterocycles. The normalized spacial score (nSPS) is 18.2. The largest absolute Gasteiger partial charge is 0.496 e. The third-order valence-corrected chi connectivity index (χ3v) is 6.85. The van der Waals surface area contributed by atoms with Crippen LogP contribution in [0.25, 0.3) is 0 Å². The third kappa shape index (κ3) is 4.58. The van der Waals surface area contributed by atoms with Crippen LogP contribution in [0.4, 0.5) is 0 Å². The number of fused-ring (bicyclic) bond motifs is 1. The second kappa shape index (κ2) is 9.51. The molecule has 7 nitrogen and oxygen atoms in total. The molecule has 2 aromatic rings. The van der Waals surface area contributed by atoms with Gasteiger partial charge in [-0.15, -0.1) is 11.3 Å². The molecule has 164 valence electrons. The Balaban J connectivity index is 1.58. The molecule has 0 saturated carbocycles. The molecule has 1 atom stereocenters. The first-order chi connectivity index (χ1) is 15.1. The minimum Gasteiger partial charge on any atom is -0.496 e. The van der Waals surface area contributed by atoms with E-state index in [4.69, 9.17) is 4.74 Å². The van der Waals surface area contributed by atoms with E-state index < -0.39 is 0 Å². The zero-order chi connectivity index (χ0) is 21.8. The zero-order valence-electron chi connectivity index (χ0n) is 17.6. The van der Waals surface area contributed by atoms with Crippen LogP contribution in [0.1, 0.15) is 40.2 Å². The molecule has 0 bridgehead atoms. The summed E-state index contributed by atoms with van der Waals surface area (Å²) in [6, 6.07) is 5.27. The lowest BCUT2D eigenvalue weighted by molar-refractivity contribution is -0.135. The second-order valence-electron chi connectivity index (χ2n) is 7.84. The van der Waals surface area contributed by atoms with E-state index in [-0.39, 0.29) is 29.0 Å². The van der Waals surface area contributed by atoms with E-state index in [1.807, 2.05) is 22.4 Å². The number of pyridine rings is 1. The number of carbonyl (C=O) groups excluding carboxylic acids is 2. The van der Waals surface area contributed by atoms with E-state index in [1.54, 1.807) is 15.9 Å². The Morgan fingerprint density at radius 3 is 2.84 bits per heavy atom. The van der Waals surface area contributed by atoms with E-state index in [9.17, 15) is 14.4 Å². The van der Waals surface area contributed by atoms with E-state index in [2.05, 4.69) is 17.5 Å². The highest BCUT2D eigenvalue weighted by molar-refractivity contribution is 7.09. The molecule has 0 fully saturated rings. The molecule has 8 heteroatoms. The predicted molar refractivity (Wildman–Crippen MR) is 120 cm³/mol. The summed E-state index contributed by atoms with van der Waals surface area (Å²) in [5.41, 5.74) is 0.803. The van der Waals surface area contributed by atoms with Gasteiger partial charge in [0, 0.05) is 48.6 Å². The van der Waals surface area contributed by atoms with Crippen molar-refractivity contribution in [3.05, 3.63) is 62.2 Å². The number of hydrogen-bond donors (Lipinski definition) is 1. The first-order valence-electron chi connectivity index (χ1n) is 10.6. The van der Waals surface area contributed by atoms with Crippen molar-refractivity contribution in [1.82, 2.24) is 14.8 Å². The van der Waals surface area contributed by atoms with Crippen LogP contribution < -0.4 is 15.6 Å². The molecular weight excluding hydrogens is 414 g/mol. The molecule has 1 aliphatic carbocycles. The number of aromatic nitrogens is 1. The number of nitrogens with one attached hydrogen (secondary N) is 1. The van der Waals surface area contributed by atoms with Gasteiger partial charge >= 0.3 is 0 Å². The van der Waals surface area contributed by atoms with Gasteiger partial charge in [-0.25, -0.2) is 0 Å². The summed E-state index contributed by atoms with van der Waals surface area (Å²) < 4.78 is 7.02. The van der Waals surface area contributed by atoms with Gasteiger partial charge in [0.1, 0.15) is 11.3 Å². The topological polar surface area (TPSA) is 80.6 Å². The lowest BCUT2D eigenvalue weighted by atomic mass is 9.93. The van der Waals surface area contributed by atoms with Crippen molar-refractivity contribution in [3.8, 4) is 5.75 Å². The average Bonchev–Trinajstić information content (AvgIpc) is 3.22. The van der Waals surface area contributed by atoms with Gasteiger partial charge in [-0.1, -0.05) is 18.2 Å². The molecular formula is C23H27N3O4S. The molecule has 2 aliphatic rings. The molecule has 1 N–H and O–H groups in total. The Bertz CT molecular complexity index is 1040. The molecule has 4 rings (SSSR count). The molecule has 2 amide bonds. The van der Waals surface area contributed by atoms with Crippen LogP contribution in [0.5, 0.6) is 5.75 Å². The maximum Gasteiger partial charge on any atom is 0.257 e. The first-order valence-corrected chi connectivity index (χ1v) is 11.5. The smallest absolute Gasteiger partial charge is 0.257 e. The molecule has 31 heavy (non-hydrogen) atoms. The van der Waals surface area contributed by atoms with Crippen molar-refractivity contribution >= 4 is 23.2 Å². The van der Waals surface area contributed by atoms with E-state index in [1.165, 1.54) is 13.2 Å². The van der Waals surface area contributed by atoms with Crippen LogP contribution in [0.15, 0.2) is 40.5 Å². The standard InChI is InChI=1S/C23H27N3O4S/c1-30-19-14-20(27)26-12-11-25(23(29)16-6-3-2-4-7-16)10-9-18(26)21(19)22(28)24-15-17-8-5-13-31-17/h2-3,5,8,13-14,16H,4,6-7,9-12,15H2,1H3,(H,24,28). The number of allylic oxidation sites excluding steroid dienone is 2.